The summed E-state index contributed by atoms with van der Waals surface area (Å²) in [4.78, 5) is 76.2. The van der Waals surface area contributed by atoms with E-state index in [9.17, 15) is 33.4 Å². The zero-order valence-electron chi connectivity index (χ0n) is 45.3. The number of phosphoric ester groups is 1. The number of benzene rings is 2. The number of ether oxygens (including phenoxy) is 2. The lowest BCUT2D eigenvalue weighted by molar-refractivity contribution is -0.161. The van der Waals surface area contributed by atoms with Crippen LogP contribution < -0.4 is 15.5 Å². The molecule has 0 aromatic heterocycles. The average molecular weight is 1050 g/mol. The van der Waals surface area contributed by atoms with E-state index in [0.29, 0.717) is 25.1 Å². The van der Waals surface area contributed by atoms with Gasteiger partial charge in [0, 0.05) is 56.3 Å². The monoisotopic (exact) mass is 1050 g/mol. The van der Waals surface area contributed by atoms with Crippen LogP contribution in [0.25, 0.3) is 0 Å². The van der Waals surface area contributed by atoms with Crippen molar-refractivity contribution in [3.05, 3.63) is 65.2 Å². The molecular weight excluding hydrogens is 958 g/mol. The number of unbranched alkanes of at least 4 members (excludes halogenated alkanes) is 24. The number of nitrogens with zero attached hydrogens (tertiary/aromatic N) is 1. The Labute approximate surface area is 444 Å². The number of para-hydroxylation sites is 1. The second-order valence-electron chi connectivity index (χ2n) is 19.7. The summed E-state index contributed by atoms with van der Waals surface area (Å²) in [6.45, 7) is 3.46. The molecule has 0 saturated heterocycles. The molecule has 0 fully saturated rings. The van der Waals surface area contributed by atoms with Crippen molar-refractivity contribution >= 4 is 43.2 Å². The van der Waals surface area contributed by atoms with Gasteiger partial charge in [-0.05, 0) is 36.6 Å². The summed E-state index contributed by atoms with van der Waals surface area (Å²) >= 11 is 0. The summed E-state index contributed by atoms with van der Waals surface area (Å²) in [6, 6.07) is 15.1. The van der Waals surface area contributed by atoms with E-state index in [-0.39, 0.29) is 64.3 Å². The first-order valence-electron chi connectivity index (χ1n) is 28.5. The second-order valence-corrected chi connectivity index (χ2v) is 21.2. The van der Waals surface area contributed by atoms with Crippen LogP contribution in [0.2, 0.25) is 0 Å². The lowest BCUT2D eigenvalue weighted by Crippen LogP contribution is -2.35. The number of rotatable bonds is 44. The number of esters is 2. The molecule has 2 aromatic carbocycles. The molecule has 1 aliphatic rings. The maximum Gasteiger partial charge on any atom is 0.472 e. The predicted molar refractivity (Wildman–Crippen MR) is 293 cm³/mol. The van der Waals surface area contributed by atoms with Gasteiger partial charge in [0.15, 0.2) is 6.10 Å². The van der Waals surface area contributed by atoms with E-state index in [2.05, 4.69) is 36.3 Å². The Bertz CT molecular complexity index is 2020. The third-order valence-corrected chi connectivity index (χ3v) is 14.2. The quantitative estimate of drug-likeness (QED) is 0.0248. The predicted octanol–water partition coefficient (Wildman–Crippen LogP) is 12.9. The summed E-state index contributed by atoms with van der Waals surface area (Å²) < 4.78 is 34.1. The first-order valence-corrected chi connectivity index (χ1v) is 30.0. The first-order chi connectivity index (χ1) is 36.0. The fourth-order valence-corrected chi connectivity index (χ4v) is 9.57. The van der Waals surface area contributed by atoms with E-state index in [0.717, 1.165) is 55.2 Å². The standard InChI is InChI=1S/C59H92N3O11P/c1-3-5-7-9-11-13-15-17-19-21-23-25-27-37-58(66)70-48-53(73-59(67)38-28-26-24-22-20-18-16-14-12-10-8-6-4-2)49-72-74(68,69)71-46-45-61-56(64)42-41-55(63)60-44-43-57(65)62-47-52-35-30-29-33-50(52)39-40-51-34-31-32-36-54(51)62/h29-36,53H,3-28,37-38,41-49H2,1-2H3,(H,60,63)(H,61,64)(H,68,69)/t53-/m1/s1. The minimum absolute atomic E-state index is 0.0376. The van der Waals surface area contributed by atoms with Gasteiger partial charge in [-0.3, -0.25) is 33.0 Å². The third kappa shape index (κ3) is 30.7. The second kappa shape index (κ2) is 40.7. The van der Waals surface area contributed by atoms with Crippen LogP contribution >= 0.6 is 7.82 Å². The molecule has 0 spiro atoms. The highest BCUT2D eigenvalue weighted by Crippen LogP contribution is 2.43. The minimum Gasteiger partial charge on any atom is -0.462 e. The van der Waals surface area contributed by atoms with Crippen molar-refractivity contribution in [2.24, 2.45) is 0 Å². The van der Waals surface area contributed by atoms with Crippen LogP contribution in [-0.4, -0.2) is 73.6 Å². The van der Waals surface area contributed by atoms with Gasteiger partial charge in [0.25, 0.3) is 0 Å². The summed E-state index contributed by atoms with van der Waals surface area (Å²) in [7, 11) is -4.68. The van der Waals surface area contributed by atoms with Crippen molar-refractivity contribution in [3.63, 3.8) is 0 Å². The Balaban J connectivity index is 1.33. The molecule has 14 nitrogen and oxygen atoms in total. The zero-order chi connectivity index (χ0) is 53.3. The molecule has 0 saturated carbocycles. The molecule has 3 amide bonds. The topological polar surface area (TPSA) is 187 Å². The van der Waals surface area contributed by atoms with Gasteiger partial charge in [0.1, 0.15) is 6.61 Å². The Morgan fingerprint density at radius 2 is 1.01 bits per heavy atom. The van der Waals surface area contributed by atoms with E-state index in [1.165, 1.54) is 116 Å². The van der Waals surface area contributed by atoms with Crippen LogP contribution in [0.4, 0.5) is 5.69 Å². The van der Waals surface area contributed by atoms with Crippen LogP contribution in [0.5, 0.6) is 0 Å². The summed E-state index contributed by atoms with van der Waals surface area (Å²) in [6.07, 6.45) is 29.7. The van der Waals surface area contributed by atoms with Gasteiger partial charge >= 0.3 is 19.8 Å². The Morgan fingerprint density at radius 1 is 0.554 bits per heavy atom. The molecule has 1 heterocycles. The fraction of sp³-hybridized carbons (Fsp3) is 0.678. The maximum atomic E-state index is 13.4. The lowest BCUT2D eigenvalue weighted by Gasteiger charge is -2.26. The van der Waals surface area contributed by atoms with Crippen molar-refractivity contribution in [2.45, 2.75) is 226 Å². The number of hydrogen-bond acceptors (Lipinski definition) is 10. The largest absolute Gasteiger partial charge is 0.472 e. The molecule has 0 radical (unpaired) electrons. The first kappa shape index (κ1) is 63.8. The van der Waals surface area contributed by atoms with Crippen molar-refractivity contribution in [2.75, 3.05) is 37.8 Å². The van der Waals surface area contributed by atoms with Gasteiger partial charge in [-0.25, -0.2) is 4.57 Å². The molecule has 74 heavy (non-hydrogen) atoms. The van der Waals surface area contributed by atoms with Crippen molar-refractivity contribution < 1.29 is 52.0 Å². The number of amides is 3. The van der Waals surface area contributed by atoms with Crippen LogP contribution in [0, 0.1) is 11.8 Å². The highest BCUT2D eigenvalue weighted by Gasteiger charge is 2.27. The van der Waals surface area contributed by atoms with Crippen molar-refractivity contribution in [3.8, 4) is 11.8 Å². The van der Waals surface area contributed by atoms with E-state index < -0.39 is 44.3 Å². The lowest BCUT2D eigenvalue weighted by atomic mass is 10.0. The van der Waals surface area contributed by atoms with E-state index in [4.69, 9.17) is 18.5 Å². The molecule has 15 heteroatoms. The molecule has 2 atom stereocenters. The number of anilines is 1. The number of fused-ring (bicyclic) bond motifs is 2. The van der Waals surface area contributed by atoms with Crippen LogP contribution in [0.3, 0.4) is 0 Å². The number of phosphoric acid groups is 1. The smallest absolute Gasteiger partial charge is 0.462 e. The highest BCUT2D eigenvalue weighted by molar-refractivity contribution is 7.47. The Kier molecular flexibility index (Phi) is 35.1. The van der Waals surface area contributed by atoms with Crippen LogP contribution in [-0.2, 0) is 53.6 Å². The molecule has 3 rings (SSSR count). The molecule has 3 N–H and O–H groups in total. The van der Waals surface area contributed by atoms with E-state index in [1.54, 1.807) is 4.90 Å². The average Bonchev–Trinajstić information content (AvgIpc) is 3.38. The molecule has 1 unspecified atom stereocenters. The number of carbonyl (C=O) groups excluding carboxylic acids is 5. The molecule has 0 bridgehead atoms. The van der Waals surface area contributed by atoms with Crippen LogP contribution in [0.15, 0.2) is 48.5 Å². The zero-order valence-corrected chi connectivity index (χ0v) is 46.2. The fourth-order valence-electron chi connectivity index (χ4n) is 8.81. The van der Waals surface area contributed by atoms with Gasteiger partial charge < -0.3 is 29.9 Å². The number of hydrogen-bond donors (Lipinski definition) is 3. The van der Waals surface area contributed by atoms with Gasteiger partial charge in [-0.15, -0.1) is 0 Å². The van der Waals surface area contributed by atoms with Gasteiger partial charge in [-0.2, -0.15) is 0 Å². The van der Waals surface area contributed by atoms with Crippen molar-refractivity contribution in [1.29, 1.82) is 0 Å². The van der Waals surface area contributed by atoms with Crippen molar-refractivity contribution in [1.82, 2.24) is 10.6 Å². The summed E-state index contributed by atoms with van der Waals surface area (Å²) in [5.41, 5.74) is 3.20. The van der Waals surface area contributed by atoms with Crippen LogP contribution in [0.1, 0.15) is 230 Å². The number of carbonyl (C=O) groups is 5. The van der Waals surface area contributed by atoms with Gasteiger partial charge in [0.05, 0.1) is 25.4 Å². The van der Waals surface area contributed by atoms with Gasteiger partial charge in [-0.1, -0.05) is 210 Å². The normalized spacial score (nSPS) is 13.0. The van der Waals surface area contributed by atoms with E-state index in [1.807, 2.05) is 48.5 Å². The molecule has 1 aliphatic heterocycles. The third-order valence-electron chi connectivity index (χ3n) is 13.2. The summed E-state index contributed by atoms with van der Waals surface area (Å²) in [5.74, 6) is 4.33. The molecule has 2 aromatic rings. The molecule has 0 aliphatic carbocycles. The van der Waals surface area contributed by atoms with E-state index >= 15 is 0 Å². The Hall–Kier alpha value is -4.54. The maximum absolute atomic E-state index is 13.4. The summed E-state index contributed by atoms with van der Waals surface area (Å²) in [5, 5.41) is 5.25. The number of nitrogens with one attached hydrogen (secondary N) is 2. The Morgan fingerprint density at radius 3 is 1.57 bits per heavy atom. The SMILES string of the molecule is CCCCCCCCCCCCCCCC(=O)OC[C@H](COP(=O)(O)OCCNC(=O)CCC(=O)NCCC(=O)N1Cc2ccccc2C#Cc2ccccc21)OC(=O)CCCCCCCCCCCCCCC. The minimum atomic E-state index is -4.68. The molecular formula is C59H92N3O11P. The molecule has 414 valence electrons. The highest BCUT2D eigenvalue weighted by atomic mass is 31.2. The van der Waals surface area contributed by atoms with Gasteiger partial charge in [0.2, 0.25) is 17.7 Å².